The van der Waals surface area contributed by atoms with E-state index in [-0.39, 0.29) is 16.5 Å². The van der Waals surface area contributed by atoms with Crippen molar-refractivity contribution in [3.63, 3.8) is 0 Å². The summed E-state index contributed by atoms with van der Waals surface area (Å²) >= 11 is 11.8. The topological polar surface area (TPSA) is 75.2 Å². The highest BCUT2D eigenvalue weighted by molar-refractivity contribution is 7.89. The third kappa shape index (κ3) is 3.97. The van der Waals surface area contributed by atoms with Gasteiger partial charge in [-0.1, -0.05) is 23.2 Å². The lowest BCUT2D eigenvalue weighted by atomic mass is 10.4. The average molecular weight is 387 g/mol. The summed E-state index contributed by atoms with van der Waals surface area (Å²) in [6.45, 7) is 1.90. The molecule has 0 spiro atoms. The van der Waals surface area contributed by atoms with Crippen LogP contribution in [0.3, 0.4) is 0 Å². The Morgan fingerprint density at radius 1 is 1.17 bits per heavy atom. The van der Waals surface area contributed by atoms with Gasteiger partial charge in [0.1, 0.15) is 4.90 Å². The summed E-state index contributed by atoms with van der Waals surface area (Å²) in [5, 5.41) is 0.422. The van der Waals surface area contributed by atoms with Gasteiger partial charge in [-0.2, -0.15) is 0 Å². The van der Waals surface area contributed by atoms with Gasteiger partial charge in [0, 0.05) is 24.3 Å². The van der Waals surface area contributed by atoms with Crippen molar-refractivity contribution in [3.05, 3.63) is 46.2 Å². The molecule has 0 radical (unpaired) electrons. The molecule has 24 heavy (non-hydrogen) atoms. The minimum absolute atomic E-state index is 0.0501. The fraction of sp³-hybridized carbons (Fsp3) is 0.333. The van der Waals surface area contributed by atoms with Gasteiger partial charge in [0.05, 0.1) is 17.3 Å². The summed E-state index contributed by atoms with van der Waals surface area (Å²) in [5.74, 6) is 0.630. The predicted octanol–water partition coefficient (Wildman–Crippen LogP) is 2.86. The first-order valence-corrected chi connectivity index (χ1v) is 9.71. The van der Waals surface area contributed by atoms with Gasteiger partial charge in [0.25, 0.3) is 0 Å². The van der Waals surface area contributed by atoms with Gasteiger partial charge in [-0.15, -0.1) is 0 Å². The molecule has 0 saturated carbocycles. The monoisotopic (exact) mass is 386 g/mol. The predicted molar refractivity (Wildman–Crippen MR) is 94.0 cm³/mol. The molecule has 3 rings (SSSR count). The maximum Gasteiger partial charge on any atom is 0.242 e. The molecule has 128 valence electrons. The number of sulfonamides is 1. The van der Waals surface area contributed by atoms with Crippen molar-refractivity contribution < 1.29 is 8.42 Å². The van der Waals surface area contributed by atoms with Crippen molar-refractivity contribution in [1.82, 2.24) is 14.7 Å². The highest BCUT2D eigenvalue weighted by Crippen LogP contribution is 2.25. The maximum absolute atomic E-state index is 12.4. The van der Waals surface area contributed by atoms with Gasteiger partial charge in [0.2, 0.25) is 16.0 Å². The van der Waals surface area contributed by atoms with Gasteiger partial charge in [0.15, 0.2) is 0 Å². The first-order valence-electron chi connectivity index (χ1n) is 7.47. The Morgan fingerprint density at radius 3 is 2.67 bits per heavy atom. The standard InChI is InChI=1S/C15H16Cl2N4O2S/c16-11-3-4-13(17)14(9-11)24(22,23)19-10-12-5-6-18-15(20-12)21-7-1-2-8-21/h3-6,9,19H,1-2,7-8,10H2. The van der Waals surface area contributed by atoms with E-state index in [1.807, 2.05) is 0 Å². The highest BCUT2D eigenvalue weighted by Gasteiger charge is 2.19. The Balaban J connectivity index is 1.75. The molecule has 1 N–H and O–H groups in total. The molecule has 9 heteroatoms. The van der Waals surface area contributed by atoms with E-state index in [1.165, 1.54) is 18.2 Å². The number of anilines is 1. The number of halogens is 2. The Morgan fingerprint density at radius 2 is 1.92 bits per heavy atom. The number of aromatic nitrogens is 2. The SMILES string of the molecule is O=S(=O)(NCc1ccnc(N2CCCC2)n1)c1cc(Cl)ccc1Cl. The third-order valence-corrected chi connectivity index (χ3v) is 5.83. The number of hydrogen-bond donors (Lipinski definition) is 1. The van der Waals surface area contributed by atoms with E-state index in [1.54, 1.807) is 12.3 Å². The number of nitrogens with zero attached hydrogens (tertiary/aromatic N) is 3. The van der Waals surface area contributed by atoms with Crippen LogP contribution in [0.15, 0.2) is 35.4 Å². The molecule has 0 aliphatic carbocycles. The van der Waals surface area contributed by atoms with E-state index < -0.39 is 10.0 Å². The lowest BCUT2D eigenvalue weighted by Crippen LogP contribution is -2.25. The summed E-state index contributed by atoms with van der Waals surface area (Å²) in [7, 11) is -3.78. The fourth-order valence-corrected chi connectivity index (χ4v) is 4.24. The van der Waals surface area contributed by atoms with Gasteiger partial charge < -0.3 is 4.90 Å². The Bertz CT molecular complexity index is 839. The molecule has 0 atom stereocenters. The highest BCUT2D eigenvalue weighted by atomic mass is 35.5. The first-order chi connectivity index (χ1) is 11.5. The molecule has 1 fully saturated rings. The van der Waals surface area contributed by atoms with Gasteiger partial charge in [-0.05, 0) is 37.1 Å². The largest absolute Gasteiger partial charge is 0.341 e. The molecule has 2 aromatic rings. The molecule has 1 aromatic heterocycles. The molecule has 1 aliphatic heterocycles. The zero-order valence-corrected chi connectivity index (χ0v) is 15.1. The van der Waals surface area contributed by atoms with Crippen molar-refractivity contribution in [2.75, 3.05) is 18.0 Å². The molecule has 6 nitrogen and oxygen atoms in total. The van der Waals surface area contributed by atoms with Crippen molar-refractivity contribution in [2.24, 2.45) is 0 Å². The molecule has 2 heterocycles. The van der Waals surface area contributed by atoms with E-state index in [9.17, 15) is 8.42 Å². The molecule has 0 amide bonds. The van der Waals surface area contributed by atoms with E-state index in [0.29, 0.717) is 16.7 Å². The third-order valence-electron chi connectivity index (χ3n) is 3.72. The lowest BCUT2D eigenvalue weighted by Gasteiger charge is -2.15. The minimum atomic E-state index is -3.78. The van der Waals surface area contributed by atoms with Crippen LogP contribution in [0.5, 0.6) is 0 Å². The summed E-state index contributed by atoms with van der Waals surface area (Å²) in [6, 6.07) is 5.99. The van der Waals surface area contributed by atoms with Gasteiger partial charge >= 0.3 is 0 Å². The van der Waals surface area contributed by atoms with Crippen LogP contribution in [0, 0.1) is 0 Å². The Hall–Kier alpha value is -1.41. The van der Waals surface area contributed by atoms with Crippen LogP contribution in [0.2, 0.25) is 10.0 Å². The first kappa shape index (κ1) is 17.4. The van der Waals surface area contributed by atoms with Crippen LogP contribution in [0.1, 0.15) is 18.5 Å². The molecule has 0 unspecified atom stereocenters. The van der Waals surface area contributed by atoms with Crippen LogP contribution in [0.25, 0.3) is 0 Å². The van der Waals surface area contributed by atoms with Crippen molar-refractivity contribution in [2.45, 2.75) is 24.3 Å². The van der Waals surface area contributed by atoms with Gasteiger partial charge in [-0.3, -0.25) is 0 Å². The molecular weight excluding hydrogens is 371 g/mol. The maximum atomic E-state index is 12.4. The van der Waals surface area contributed by atoms with E-state index >= 15 is 0 Å². The van der Waals surface area contributed by atoms with Crippen molar-refractivity contribution >= 4 is 39.2 Å². The number of rotatable bonds is 5. The van der Waals surface area contributed by atoms with Crippen molar-refractivity contribution in [1.29, 1.82) is 0 Å². The molecule has 1 saturated heterocycles. The second-order valence-electron chi connectivity index (χ2n) is 5.44. The van der Waals surface area contributed by atoms with Gasteiger partial charge in [-0.25, -0.2) is 23.1 Å². The summed E-state index contributed by atoms with van der Waals surface area (Å²) in [4.78, 5) is 10.7. The smallest absolute Gasteiger partial charge is 0.242 e. The van der Waals surface area contributed by atoms with Crippen LogP contribution in [-0.4, -0.2) is 31.5 Å². The van der Waals surface area contributed by atoms with Crippen LogP contribution in [-0.2, 0) is 16.6 Å². The lowest BCUT2D eigenvalue weighted by molar-refractivity contribution is 0.580. The minimum Gasteiger partial charge on any atom is -0.341 e. The molecule has 0 bridgehead atoms. The van der Waals surface area contributed by atoms with Crippen molar-refractivity contribution in [3.8, 4) is 0 Å². The Kier molecular flexibility index (Phi) is 5.24. The second-order valence-corrected chi connectivity index (χ2v) is 8.02. The van der Waals surface area contributed by atoms with E-state index in [4.69, 9.17) is 23.2 Å². The summed E-state index contributed by atoms with van der Waals surface area (Å²) < 4.78 is 27.3. The average Bonchev–Trinajstić information content (AvgIpc) is 3.10. The number of hydrogen-bond acceptors (Lipinski definition) is 5. The van der Waals surface area contributed by atoms with Crippen LogP contribution < -0.4 is 9.62 Å². The zero-order chi connectivity index (χ0) is 17.2. The Labute approximate surface area is 150 Å². The summed E-state index contributed by atoms with van der Waals surface area (Å²) in [5.41, 5.74) is 0.591. The quantitative estimate of drug-likeness (QED) is 0.854. The number of nitrogens with one attached hydrogen (secondary N) is 1. The molecular formula is C15H16Cl2N4O2S. The molecule has 1 aliphatic rings. The normalized spacial score (nSPS) is 15.0. The van der Waals surface area contributed by atoms with E-state index in [2.05, 4.69) is 19.6 Å². The molecule has 1 aromatic carbocycles. The van der Waals surface area contributed by atoms with Crippen LogP contribution in [0.4, 0.5) is 5.95 Å². The second kappa shape index (κ2) is 7.23. The zero-order valence-electron chi connectivity index (χ0n) is 12.7. The van der Waals surface area contributed by atoms with Crippen LogP contribution >= 0.6 is 23.2 Å². The number of benzene rings is 1. The summed E-state index contributed by atoms with van der Waals surface area (Å²) in [6.07, 6.45) is 3.87. The fourth-order valence-electron chi connectivity index (χ4n) is 2.48. The van der Waals surface area contributed by atoms with E-state index in [0.717, 1.165) is 25.9 Å².